The number of imide groups is 1. The third-order valence-electron chi connectivity index (χ3n) is 7.98. The molecule has 1 fully saturated rings. The van der Waals surface area contributed by atoms with E-state index in [1.54, 1.807) is 32.0 Å². The van der Waals surface area contributed by atoms with E-state index in [9.17, 15) is 29.1 Å². The van der Waals surface area contributed by atoms with Crippen LogP contribution in [0.2, 0.25) is 0 Å². The van der Waals surface area contributed by atoms with Crippen molar-refractivity contribution >= 4 is 29.4 Å². The summed E-state index contributed by atoms with van der Waals surface area (Å²) in [5.41, 5.74) is 3.38. The second kappa shape index (κ2) is 8.69. The molecule has 0 spiro atoms. The smallest absolute Gasteiger partial charge is 0.303 e. The van der Waals surface area contributed by atoms with Gasteiger partial charge in [-0.1, -0.05) is 23.8 Å². The van der Waals surface area contributed by atoms with Crippen molar-refractivity contribution in [2.24, 2.45) is 17.8 Å². The van der Waals surface area contributed by atoms with E-state index < -0.39 is 29.6 Å². The first kappa shape index (κ1) is 23.9. The number of likely N-dealkylation sites (tertiary alicyclic amines) is 1. The first-order valence-electron chi connectivity index (χ1n) is 12.2. The lowest BCUT2D eigenvalue weighted by Crippen LogP contribution is -2.39. The number of phenols is 1. The van der Waals surface area contributed by atoms with Crippen LogP contribution in [0.5, 0.6) is 5.75 Å². The van der Waals surface area contributed by atoms with Gasteiger partial charge in [-0.2, -0.15) is 0 Å². The first-order chi connectivity index (χ1) is 17.1. The Labute approximate surface area is 208 Å². The van der Waals surface area contributed by atoms with E-state index in [2.05, 4.69) is 0 Å². The van der Waals surface area contributed by atoms with Crippen molar-refractivity contribution in [3.63, 3.8) is 0 Å². The number of aromatic hydroxyl groups is 1. The summed E-state index contributed by atoms with van der Waals surface area (Å²) in [7, 11) is 0. The Morgan fingerprint density at radius 2 is 1.83 bits per heavy atom. The number of ketones is 2. The molecule has 1 aromatic carbocycles. The molecule has 0 aromatic heterocycles. The van der Waals surface area contributed by atoms with Gasteiger partial charge in [-0.3, -0.25) is 28.9 Å². The third-order valence-corrected chi connectivity index (χ3v) is 7.98. The topological polar surface area (TPSA) is 129 Å². The van der Waals surface area contributed by atoms with Gasteiger partial charge >= 0.3 is 5.97 Å². The van der Waals surface area contributed by atoms with Crippen LogP contribution in [0.3, 0.4) is 0 Å². The van der Waals surface area contributed by atoms with Gasteiger partial charge in [-0.05, 0) is 62.3 Å². The van der Waals surface area contributed by atoms with Crippen LogP contribution >= 0.6 is 0 Å². The molecule has 4 atom stereocenters. The fourth-order valence-corrected chi connectivity index (χ4v) is 6.29. The second-order valence-electron chi connectivity index (χ2n) is 10.1. The highest BCUT2D eigenvalue weighted by atomic mass is 16.4. The van der Waals surface area contributed by atoms with E-state index in [0.717, 1.165) is 11.1 Å². The quantitative estimate of drug-likeness (QED) is 0.370. The van der Waals surface area contributed by atoms with Crippen LogP contribution in [0, 0.1) is 24.7 Å². The molecule has 1 aliphatic heterocycles. The molecule has 0 bridgehead atoms. The number of carbonyl (C=O) groups excluding carboxylic acids is 4. The zero-order valence-electron chi connectivity index (χ0n) is 20.1. The molecule has 2 N–H and O–H groups in total. The lowest BCUT2D eigenvalue weighted by Gasteiger charge is -2.42. The zero-order valence-corrected chi connectivity index (χ0v) is 20.1. The number of aliphatic carboxylic acids is 1. The van der Waals surface area contributed by atoms with Gasteiger partial charge in [0.05, 0.1) is 11.8 Å². The molecule has 4 aliphatic rings. The fourth-order valence-electron chi connectivity index (χ4n) is 6.29. The van der Waals surface area contributed by atoms with Crippen LogP contribution in [-0.4, -0.2) is 51.0 Å². The number of rotatable bonds is 5. The summed E-state index contributed by atoms with van der Waals surface area (Å²) in [6, 6.07) is 5.09. The average molecular weight is 490 g/mol. The number of carbonyl (C=O) groups is 5. The summed E-state index contributed by atoms with van der Waals surface area (Å²) in [5.74, 6) is -4.16. The number of benzene rings is 1. The number of fused-ring (bicyclic) bond motifs is 3. The minimum atomic E-state index is -0.988. The molecule has 36 heavy (non-hydrogen) atoms. The average Bonchev–Trinajstić information content (AvgIpc) is 3.08. The van der Waals surface area contributed by atoms with Crippen LogP contribution < -0.4 is 0 Å². The van der Waals surface area contributed by atoms with Gasteiger partial charge < -0.3 is 10.2 Å². The summed E-state index contributed by atoms with van der Waals surface area (Å²) in [6.07, 6.45) is 3.88. The lowest BCUT2D eigenvalue weighted by atomic mass is 9.59. The molecule has 3 aliphatic carbocycles. The Morgan fingerprint density at radius 1 is 1.08 bits per heavy atom. The third kappa shape index (κ3) is 3.63. The SMILES string of the molecule is CC1=CC(=O)C2=C(C[C@@H]3C(=CC[C@@H]4C(=O)N(CCCC(=O)O)C(=O)[C@@H]43)[C@@H]2c2ccc(O)c(C)c2)C1=O. The Balaban J connectivity index is 1.58. The van der Waals surface area contributed by atoms with E-state index in [4.69, 9.17) is 5.11 Å². The number of amides is 2. The van der Waals surface area contributed by atoms with E-state index >= 15 is 0 Å². The fraction of sp³-hybridized carbons (Fsp3) is 0.393. The molecule has 8 heteroatoms. The van der Waals surface area contributed by atoms with Crippen LogP contribution in [0.4, 0.5) is 0 Å². The van der Waals surface area contributed by atoms with Crippen molar-refractivity contribution in [2.75, 3.05) is 6.54 Å². The summed E-state index contributed by atoms with van der Waals surface area (Å²) >= 11 is 0. The number of nitrogens with zero attached hydrogens (tertiary/aromatic N) is 1. The molecule has 186 valence electrons. The Kier molecular flexibility index (Phi) is 5.77. The second-order valence-corrected chi connectivity index (χ2v) is 10.1. The number of hydrogen-bond acceptors (Lipinski definition) is 6. The highest BCUT2D eigenvalue weighted by molar-refractivity contribution is 6.23. The molecular formula is C28H27NO7. The minimum Gasteiger partial charge on any atom is -0.508 e. The van der Waals surface area contributed by atoms with Gasteiger partial charge in [0.2, 0.25) is 11.8 Å². The van der Waals surface area contributed by atoms with Gasteiger partial charge in [0, 0.05) is 35.6 Å². The molecule has 0 unspecified atom stereocenters. The van der Waals surface area contributed by atoms with Crippen LogP contribution in [0.15, 0.2) is 52.6 Å². The minimum absolute atomic E-state index is 0.0484. The van der Waals surface area contributed by atoms with Crippen molar-refractivity contribution in [1.29, 1.82) is 0 Å². The van der Waals surface area contributed by atoms with Crippen molar-refractivity contribution in [3.05, 3.63) is 63.8 Å². The molecule has 1 heterocycles. The molecule has 2 amide bonds. The lowest BCUT2D eigenvalue weighted by molar-refractivity contribution is -0.142. The number of aryl methyl sites for hydroxylation is 1. The molecule has 0 saturated carbocycles. The monoisotopic (exact) mass is 489 g/mol. The Morgan fingerprint density at radius 3 is 2.53 bits per heavy atom. The molecule has 0 radical (unpaired) electrons. The standard InChI is InChI=1S/C28H27NO7/c1-13-10-15(5-8-20(13)30)23-16-6-7-17-24(28(36)29(27(17)35)9-3-4-22(32)33)18(16)12-19-25(23)21(31)11-14(2)26(19)34/h5-6,8,10-11,17-18,23-24,30H,3-4,7,9,12H2,1-2H3,(H,32,33)/t17-,18+,23-,24-/m0/s1. The highest BCUT2D eigenvalue weighted by Crippen LogP contribution is 2.55. The number of carboxylic acid groups (broad SMARTS) is 1. The van der Waals surface area contributed by atoms with Crippen molar-refractivity contribution in [1.82, 2.24) is 4.90 Å². The van der Waals surface area contributed by atoms with Crippen molar-refractivity contribution in [3.8, 4) is 5.75 Å². The molecule has 1 aromatic rings. The predicted octanol–water partition coefficient (Wildman–Crippen LogP) is 2.99. The van der Waals surface area contributed by atoms with Gasteiger partial charge in [-0.15, -0.1) is 0 Å². The molecule has 8 nitrogen and oxygen atoms in total. The summed E-state index contributed by atoms with van der Waals surface area (Å²) in [5, 5.41) is 19.0. The maximum atomic E-state index is 13.5. The van der Waals surface area contributed by atoms with Crippen LogP contribution in [-0.2, 0) is 24.0 Å². The van der Waals surface area contributed by atoms with Crippen LogP contribution in [0.25, 0.3) is 0 Å². The van der Waals surface area contributed by atoms with E-state index in [0.29, 0.717) is 28.7 Å². The van der Waals surface area contributed by atoms with Crippen LogP contribution in [0.1, 0.15) is 49.7 Å². The van der Waals surface area contributed by atoms with Crippen molar-refractivity contribution < 1.29 is 34.2 Å². The zero-order chi connectivity index (χ0) is 25.9. The number of carboxylic acids is 1. The number of phenolic OH excluding ortho intramolecular Hbond substituents is 1. The summed E-state index contributed by atoms with van der Waals surface area (Å²) < 4.78 is 0. The molecule has 1 saturated heterocycles. The van der Waals surface area contributed by atoms with Crippen molar-refractivity contribution in [2.45, 2.75) is 45.4 Å². The maximum absolute atomic E-state index is 13.5. The predicted molar refractivity (Wildman–Crippen MR) is 128 cm³/mol. The van der Waals surface area contributed by atoms with Gasteiger partial charge in [0.15, 0.2) is 11.6 Å². The summed E-state index contributed by atoms with van der Waals surface area (Å²) in [6.45, 7) is 3.41. The molecular weight excluding hydrogens is 462 g/mol. The first-order valence-corrected chi connectivity index (χ1v) is 12.2. The molecule has 5 rings (SSSR count). The number of hydrogen-bond donors (Lipinski definition) is 2. The maximum Gasteiger partial charge on any atom is 0.303 e. The Bertz CT molecular complexity index is 1330. The van der Waals surface area contributed by atoms with Gasteiger partial charge in [-0.25, -0.2) is 0 Å². The highest BCUT2D eigenvalue weighted by Gasteiger charge is 2.56. The largest absolute Gasteiger partial charge is 0.508 e. The van der Waals surface area contributed by atoms with Gasteiger partial charge in [0.25, 0.3) is 0 Å². The van der Waals surface area contributed by atoms with E-state index in [1.165, 1.54) is 11.0 Å². The van der Waals surface area contributed by atoms with E-state index in [1.807, 2.05) is 6.08 Å². The van der Waals surface area contributed by atoms with Gasteiger partial charge in [0.1, 0.15) is 5.75 Å². The number of allylic oxidation sites excluding steroid dienone is 6. The van der Waals surface area contributed by atoms with E-state index in [-0.39, 0.29) is 54.9 Å². The summed E-state index contributed by atoms with van der Waals surface area (Å²) in [4.78, 5) is 65.2. The Hall–Kier alpha value is -3.81. The number of Topliss-reactive ketones (excluding diaryl/α,β-unsaturated/α-hetero) is 1. The normalized spacial score (nSPS) is 27.4.